The van der Waals surface area contributed by atoms with Crippen LogP contribution >= 0.6 is 0 Å². The minimum atomic E-state index is -1.04. The number of aliphatic hydroxyl groups is 1. The molecule has 2 rings (SSSR count). The van der Waals surface area contributed by atoms with Gasteiger partial charge in [-0.1, -0.05) is 19.9 Å². The van der Waals surface area contributed by atoms with E-state index < -0.39 is 18.1 Å². The highest BCUT2D eigenvalue weighted by Gasteiger charge is 2.39. The smallest absolute Gasteiger partial charge is 0.326 e. The minimum Gasteiger partial charge on any atom is -0.480 e. The van der Waals surface area contributed by atoms with Gasteiger partial charge in [-0.3, -0.25) is 9.69 Å². The highest BCUT2D eigenvalue weighted by atomic mass is 16.5. The summed E-state index contributed by atoms with van der Waals surface area (Å²) >= 11 is 0. The number of amides is 1. The molecule has 0 bridgehead atoms. The van der Waals surface area contributed by atoms with Crippen molar-refractivity contribution in [1.82, 2.24) is 0 Å². The van der Waals surface area contributed by atoms with E-state index in [9.17, 15) is 19.8 Å². The van der Waals surface area contributed by atoms with Crippen LogP contribution in [0, 0.1) is 0 Å². The highest BCUT2D eigenvalue weighted by Crippen LogP contribution is 2.37. The van der Waals surface area contributed by atoms with Crippen LogP contribution < -0.4 is 9.64 Å². The zero-order valence-corrected chi connectivity index (χ0v) is 12.1. The van der Waals surface area contributed by atoms with E-state index in [2.05, 4.69) is 0 Å². The van der Waals surface area contributed by atoms with E-state index in [0.717, 1.165) is 0 Å². The molecule has 1 aliphatic heterocycles. The number of benzene rings is 1. The van der Waals surface area contributed by atoms with Gasteiger partial charge in [-0.25, -0.2) is 4.79 Å². The number of fused-ring (bicyclic) bond motifs is 1. The molecule has 0 radical (unpaired) electrons. The molecule has 114 valence electrons. The molecule has 1 aliphatic rings. The van der Waals surface area contributed by atoms with E-state index in [1.165, 1.54) is 4.90 Å². The third-order valence-electron chi connectivity index (χ3n) is 3.60. The van der Waals surface area contributed by atoms with E-state index >= 15 is 0 Å². The Hall–Kier alpha value is -2.08. The lowest BCUT2D eigenvalue weighted by atomic mass is 10.0. The van der Waals surface area contributed by atoms with Gasteiger partial charge < -0.3 is 14.9 Å². The number of hydrogen-bond acceptors (Lipinski definition) is 4. The van der Waals surface area contributed by atoms with Crippen molar-refractivity contribution in [3.8, 4) is 5.75 Å². The van der Waals surface area contributed by atoms with Crippen molar-refractivity contribution >= 4 is 17.6 Å². The molecule has 6 heteroatoms. The molecule has 21 heavy (non-hydrogen) atoms. The van der Waals surface area contributed by atoms with E-state index in [-0.39, 0.29) is 12.5 Å². The Kier molecular flexibility index (Phi) is 4.47. The number of ether oxygens (including phenoxy) is 1. The number of aliphatic carboxylic acids is 1. The van der Waals surface area contributed by atoms with Gasteiger partial charge in [-0.05, 0) is 30.5 Å². The quantitative estimate of drug-likeness (QED) is 0.860. The first-order valence-corrected chi connectivity index (χ1v) is 6.99. The Balaban J connectivity index is 2.53. The summed E-state index contributed by atoms with van der Waals surface area (Å²) in [4.78, 5) is 25.2. The van der Waals surface area contributed by atoms with Crippen molar-refractivity contribution in [2.45, 2.75) is 45.4 Å². The van der Waals surface area contributed by atoms with Gasteiger partial charge in [-0.2, -0.15) is 0 Å². The zero-order valence-electron chi connectivity index (χ0n) is 12.1. The molecule has 1 aromatic rings. The van der Waals surface area contributed by atoms with Gasteiger partial charge in [0.25, 0.3) is 5.91 Å². The number of nitrogens with zero attached hydrogens (tertiary/aromatic N) is 1. The standard InChI is InChI=1S/C15H19NO5/c1-3-10(15(19)20)16-11-6-5-9(8-17)7-13(11)21-12(4-2)14(16)18/h5-7,10,12,17H,3-4,8H2,1-2H3,(H,19,20). The van der Waals surface area contributed by atoms with Gasteiger partial charge >= 0.3 is 5.97 Å². The van der Waals surface area contributed by atoms with Gasteiger partial charge in [0.2, 0.25) is 0 Å². The molecule has 1 aromatic carbocycles. The molecule has 0 saturated carbocycles. The first kappa shape index (κ1) is 15.3. The second-order valence-corrected chi connectivity index (χ2v) is 4.95. The van der Waals surface area contributed by atoms with Crippen LogP contribution in [0.1, 0.15) is 32.3 Å². The molecule has 0 fully saturated rings. The van der Waals surface area contributed by atoms with Gasteiger partial charge in [0, 0.05) is 0 Å². The molecule has 0 spiro atoms. The van der Waals surface area contributed by atoms with Crippen LogP contribution in [0.4, 0.5) is 5.69 Å². The van der Waals surface area contributed by atoms with Crippen LogP contribution in [0.25, 0.3) is 0 Å². The molecular formula is C15H19NO5. The summed E-state index contributed by atoms with van der Waals surface area (Å²) in [5.41, 5.74) is 1.09. The van der Waals surface area contributed by atoms with Crippen LogP contribution in [-0.2, 0) is 16.2 Å². The topological polar surface area (TPSA) is 87.1 Å². The van der Waals surface area contributed by atoms with E-state index in [4.69, 9.17) is 4.74 Å². The first-order chi connectivity index (χ1) is 10.0. The maximum atomic E-state index is 12.5. The third-order valence-corrected chi connectivity index (χ3v) is 3.60. The Morgan fingerprint density at radius 1 is 1.43 bits per heavy atom. The fourth-order valence-corrected chi connectivity index (χ4v) is 2.47. The fraction of sp³-hybridized carbons (Fsp3) is 0.467. The summed E-state index contributed by atoms with van der Waals surface area (Å²) in [7, 11) is 0. The second kappa shape index (κ2) is 6.13. The van der Waals surface area contributed by atoms with E-state index in [1.54, 1.807) is 25.1 Å². The van der Waals surface area contributed by atoms with E-state index in [1.807, 2.05) is 6.92 Å². The summed E-state index contributed by atoms with van der Waals surface area (Å²) in [5.74, 6) is -0.941. The molecule has 1 heterocycles. The second-order valence-electron chi connectivity index (χ2n) is 4.95. The molecule has 2 N–H and O–H groups in total. The maximum absolute atomic E-state index is 12.5. The predicted molar refractivity (Wildman–Crippen MR) is 76.3 cm³/mol. The number of hydrogen-bond donors (Lipinski definition) is 2. The third kappa shape index (κ3) is 2.71. The van der Waals surface area contributed by atoms with Crippen LogP contribution in [0.15, 0.2) is 18.2 Å². The molecule has 2 atom stereocenters. The van der Waals surface area contributed by atoms with Crippen molar-refractivity contribution in [1.29, 1.82) is 0 Å². The van der Waals surface area contributed by atoms with Crippen molar-refractivity contribution in [2.75, 3.05) is 4.90 Å². The molecule has 0 aromatic heterocycles. The van der Waals surface area contributed by atoms with Gasteiger partial charge in [-0.15, -0.1) is 0 Å². The molecule has 2 unspecified atom stereocenters. The number of aliphatic hydroxyl groups excluding tert-OH is 1. The predicted octanol–water partition coefficient (Wildman–Crippen LogP) is 1.55. The summed E-state index contributed by atoms with van der Waals surface area (Å²) in [6.07, 6.45) is 0.0622. The Morgan fingerprint density at radius 2 is 2.14 bits per heavy atom. The minimum absolute atomic E-state index is 0.141. The summed E-state index contributed by atoms with van der Waals surface area (Å²) in [5, 5.41) is 18.5. The average molecular weight is 293 g/mol. The Bertz CT molecular complexity index is 557. The van der Waals surface area contributed by atoms with Crippen LogP contribution in [0.5, 0.6) is 5.75 Å². The normalized spacial score (nSPS) is 18.9. The van der Waals surface area contributed by atoms with E-state index in [0.29, 0.717) is 29.8 Å². The largest absolute Gasteiger partial charge is 0.480 e. The molecular weight excluding hydrogens is 274 g/mol. The summed E-state index contributed by atoms with van der Waals surface area (Å²) in [6.45, 7) is 3.39. The number of carbonyl (C=O) groups excluding carboxylic acids is 1. The van der Waals surface area contributed by atoms with Gasteiger partial charge in [0.15, 0.2) is 6.10 Å². The Labute approximate surface area is 122 Å². The lowest BCUT2D eigenvalue weighted by Gasteiger charge is -2.37. The molecule has 0 aliphatic carbocycles. The SMILES string of the molecule is CCC1Oc2cc(CO)ccc2N(C(CC)C(=O)O)C1=O. The van der Waals surface area contributed by atoms with Crippen molar-refractivity contribution in [3.63, 3.8) is 0 Å². The highest BCUT2D eigenvalue weighted by molar-refractivity contribution is 6.04. The maximum Gasteiger partial charge on any atom is 0.326 e. The fourth-order valence-electron chi connectivity index (χ4n) is 2.47. The van der Waals surface area contributed by atoms with Crippen LogP contribution in [0.2, 0.25) is 0 Å². The number of rotatable bonds is 5. The Morgan fingerprint density at radius 3 is 2.67 bits per heavy atom. The number of carbonyl (C=O) groups is 2. The van der Waals surface area contributed by atoms with Crippen molar-refractivity contribution < 1.29 is 24.5 Å². The van der Waals surface area contributed by atoms with Crippen LogP contribution in [-0.4, -0.2) is 34.2 Å². The first-order valence-electron chi connectivity index (χ1n) is 6.99. The molecule has 6 nitrogen and oxygen atoms in total. The number of anilines is 1. The lowest BCUT2D eigenvalue weighted by molar-refractivity contribution is -0.141. The molecule has 0 saturated heterocycles. The lowest BCUT2D eigenvalue weighted by Crippen LogP contribution is -2.53. The van der Waals surface area contributed by atoms with Crippen molar-refractivity contribution in [2.24, 2.45) is 0 Å². The average Bonchev–Trinajstić information content (AvgIpc) is 2.48. The van der Waals surface area contributed by atoms with Crippen molar-refractivity contribution in [3.05, 3.63) is 23.8 Å². The number of carboxylic acids is 1. The summed E-state index contributed by atoms with van der Waals surface area (Å²) in [6, 6.07) is 4.00. The zero-order chi connectivity index (χ0) is 15.6. The number of carboxylic acid groups (broad SMARTS) is 1. The van der Waals surface area contributed by atoms with Gasteiger partial charge in [0.05, 0.1) is 12.3 Å². The monoisotopic (exact) mass is 293 g/mol. The summed E-state index contributed by atoms with van der Waals surface area (Å²) < 4.78 is 5.65. The molecule has 1 amide bonds. The van der Waals surface area contributed by atoms with Crippen LogP contribution in [0.3, 0.4) is 0 Å². The van der Waals surface area contributed by atoms with Gasteiger partial charge in [0.1, 0.15) is 11.8 Å².